The molecule has 0 radical (unpaired) electrons. The molecule has 5 aromatic rings. The molecule has 2 fully saturated rings. The topological polar surface area (TPSA) is 74.2 Å². The quantitative estimate of drug-likeness (QED) is 0.0669. The first-order chi connectivity index (χ1) is 29.4. The Bertz CT molecular complexity index is 2300. The summed E-state index contributed by atoms with van der Waals surface area (Å²) in [6.07, 6.45) is 0.990. The van der Waals surface area contributed by atoms with Crippen LogP contribution in [-0.2, 0) is 13.8 Å². The van der Waals surface area contributed by atoms with Crippen molar-refractivity contribution in [2.24, 2.45) is 0 Å². The smallest absolute Gasteiger partial charge is 0.323 e. The fourth-order valence-corrected chi connectivity index (χ4v) is 11.1. The maximum Gasteiger partial charge on any atom is 0.323 e. The number of piperazine rings is 1. The van der Waals surface area contributed by atoms with Crippen LogP contribution in [0.1, 0.15) is 55.6 Å². The molecule has 3 heterocycles. The first-order valence-corrected chi connectivity index (χ1v) is 24.5. The lowest BCUT2D eigenvalue weighted by molar-refractivity contribution is 0.0371. The van der Waals surface area contributed by atoms with Crippen LogP contribution in [0.5, 0.6) is 0 Å². The number of anilines is 4. The van der Waals surface area contributed by atoms with Crippen LogP contribution in [-0.4, -0.2) is 86.9 Å². The molecule has 0 amide bonds. The maximum absolute atomic E-state index is 14.5. The minimum absolute atomic E-state index is 0.224. The van der Waals surface area contributed by atoms with Crippen molar-refractivity contribution in [1.29, 1.82) is 0 Å². The van der Waals surface area contributed by atoms with Gasteiger partial charge in [0, 0.05) is 103 Å². The molecule has 0 bridgehead atoms. The van der Waals surface area contributed by atoms with Crippen molar-refractivity contribution in [3.63, 3.8) is 0 Å². The highest BCUT2D eigenvalue weighted by Crippen LogP contribution is 2.47. The molecule has 61 heavy (non-hydrogen) atoms. The fraction of sp³-hybridized carbons (Fsp3) is 0.429. The number of ether oxygens (including phenoxy) is 1. The second-order valence-corrected chi connectivity index (χ2v) is 19.7. The number of halogens is 1. The molecule has 1 aromatic heterocycles. The summed E-state index contributed by atoms with van der Waals surface area (Å²) in [4.78, 5) is 7.39. The van der Waals surface area contributed by atoms with E-state index in [1.54, 1.807) is 0 Å². The van der Waals surface area contributed by atoms with Gasteiger partial charge in [0.1, 0.15) is 0 Å². The molecule has 2 aliphatic heterocycles. The van der Waals surface area contributed by atoms with E-state index in [0.717, 1.165) is 98.8 Å². The van der Waals surface area contributed by atoms with E-state index in [1.165, 1.54) is 44.9 Å². The summed E-state index contributed by atoms with van der Waals surface area (Å²) >= 11 is 11.0. The van der Waals surface area contributed by atoms with Crippen molar-refractivity contribution in [2.75, 3.05) is 91.6 Å². The molecule has 2 atom stereocenters. The normalized spacial score (nSPS) is 16.5. The van der Waals surface area contributed by atoms with E-state index in [2.05, 4.69) is 126 Å². The second kappa shape index (κ2) is 20.1. The first-order valence-electron chi connectivity index (χ1n) is 21.9. The molecule has 7 rings (SSSR count). The Hall–Kier alpha value is -3.89. The number of hydrogen-bond donors (Lipinski definition) is 3. The van der Waals surface area contributed by atoms with Gasteiger partial charge in [-0.3, -0.25) is 9.46 Å². The number of nitrogens with one attached hydrogen (secondary N) is 2. The fourth-order valence-electron chi connectivity index (χ4n) is 8.88. The largest absolute Gasteiger partial charge is 0.381 e. The van der Waals surface area contributed by atoms with Crippen molar-refractivity contribution in [2.45, 2.75) is 67.0 Å². The third-order valence-corrected chi connectivity index (χ3v) is 15.1. The maximum atomic E-state index is 14.5. The number of nitrogens with zero attached hydrogens (tertiary/aromatic N) is 4. The van der Waals surface area contributed by atoms with Crippen LogP contribution >= 0.6 is 31.7 Å². The minimum Gasteiger partial charge on any atom is -0.381 e. The molecule has 12 heteroatoms. The Morgan fingerprint density at radius 1 is 0.820 bits per heavy atom. The van der Waals surface area contributed by atoms with Gasteiger partial charge in [0.2, 0.25) is 0 Å². The third-order valence-electron chi connectivity index (χ3n) is 12.2. The van der Waals surface area contributed by atoms with E-state index >= 15 is 0 Å². The van der Waals surface area contributed by atoms with E-state index in [9.17, 15) is 4.57 Å². The zero-order chi connectivity index (χ0) is 43.3. The predicted octanol–water partition coefficient (Wildman–Crippen LogP) is 11.0. The Morgan fingerprint density at radius 3 is 2.11 bits per heavy atom. The second-order valence-electron chi connectivity index (χ2n) is 16.8. The number of rotatable bonds is 16. The average Bonchev–Trinajstić information content (AvgIpc) is 3.53. The van der Waals surface area contributed by atoms with E-state index in [-0.39, 0.29) is 6.04 Å². The molecule has 9 nitrogen and oxygen atoms in total. The minimum atomic E-state index is -3.40. The van der Waals surface area contributed by atoms with Crippen molar-refractivity contribution in [1.82, 2.24) is 9.47 Å². The summed E-state index contributed by atoms with van der Waals surface area (Å²) in [5, 5.41) is 8.36. The molecular formula is C49H64ClN6O3PS. The standard InChI is InChI=1S/C49H64ClN6O3PS/c1-8-59-60(57,46-17-18-47(36(5)31-46)51-43(33-61)19-20-53-25-27-58-28-26-53)52-42-13-15-44(16-14-42)54-21-23-55(24-22-54)45-30-35(4)29-40(32-45)48-37(6)38(7)56(34(2)3)49(48)39-9-11-41(50)12-10-39/h9-18,29-32,34,43,51,61H,8,19-28,33H2,1-7H3,(H,52,57)/t43-,60?/m1/s1. The van der Waals surface area contributed by atoms with E-state index in [0.29, 0.717) is 18.0 Å². The van der Waals surface area contributed by atoms with Crippen LogP contribution in [0, 0.1) is 27.7 Å². The highest BCUT2D eigenvalue weighted by atomic mass is 35.5. The Kier molecular flexibility index (Phi) is 14.9. The van der Waals surface area contributed by atoms with Crippen molar-refractivity contribution in [3.8, 4) is 22.4 Å². The molecule has 4 aromatic carbocycles. The number of aromatic nitrogens is 1. The summed E-state index contributed by atoms with van der Waals surface area (Å²) in [5.41, 5.74) is 14.0. The summed E-state index contributed by atoms with van der Waals surface area (Å²) in [6.45, 7) is 23.6. The van der Waals surface area contributed by atoms with E-state index in [4.69, 9.17) is 20.9 Å². The lowest BCUT2D eigenvalue weighted by atomic mass is 9.95. The van der Waals surface area contributed by atoms with Crippen molar-refractivity contribution < 1.29 is 13.8 Å². The average molecular weight is 884 g/mol. The summed E-state index contributed by atoms with van der Waals surface area (Å²) < 4.78 is 28.4. The van der Waals surface area contributed by atoms with Crippen molar-refractivity contribution >= 4 is 59.8 Å². The van der Waals surface area contributed by atoms with Gasteiger partial charge in [-0.2, -0.15) is 12.6 Å². The predicted molar refractivity (Wildman–Crippen MR) is 263 cm³/mol. The zero-order valence-electron chi connectivity index (χ0n) is 37.0. The van der Waals surface area contributed by atoms with E-state index in [1.807, 2.05) is 49.4 Å². The Balaban J connectivity index is 1.01. The molecule has 0 saturated carbocycles. The van der Waals surface area contributed by atoms with E-state index < -0.39 is 7.52 Å². The summed E-state index contributed by atoms with van der Waals surface area (Å²) in [5.74, 6) is 0.727. The number of benzene rings is 4. The number of aryl methyl sites for hydroxylation is 2. The van der Waals surface area contributed by atoms with Gasteiger partial charge in [-0.05, 0) is 149 Å². The molecule has 0 aliphatic carbocycles. The molecular weight excluding hydrogens is 819 g/mol. The van der Waals surface area contributed by atoms with Gasteiger partial charge in [0.15, 0.2) is 0 Å². The Morgan fingerprint density at radius 2 is 1.49 bits per heavy atom. The zero-order valence-corrected chi connectivity index (χ0v) is 39.6. The highest BCUT2D eigenvalue weighted by molar-refractivity contribution is 7.80. The highest BCUT2D eigenvalue weighted by Gasteiger charge is 2.28. The van der Waals surface area contributed by atoms with Crippen LogP contribution in [0.2, 0.25) is 5.02 Å². The molecule has 0 spiro atoms. The van der Waals surface area contributed by atoms with Gasteiger partial charge >= 0.3 is 7.52 Å². The van der Waals surface area contributed by atoms with Crippen LogP contribution in [0.4, 0.5) is 22.7 Å². The first kappa shape index (κ1) is 45.1. The molecule has 326 valence electrons. The molecule has 2 saturated heterocycles. The number of hydrogen-bond acceptors (Lipinski definition) is 8. The van der Waals surface area contributed by atoms with Gasteiger partial charge in [0.25, 0.3) is 0 Å². The van der Waals surface area contributed by atoms with Gasteiger partial charge in [0.05, 0.1) is 30.8 Å². The lowest BCUT2D eigenvalue weighted by Gasteiger charge is -2.37. The number of thiol groups is 1. The lowest BCUT2D eigenvalue weighted by Crippen LogP contribution is -2.46. The van der Waals surface area contributed by atoms with Gasteiger partial charge in [-0.1, -0.05) is 29.8 Å². The summed E-state index contributed by atoms with van der Waals surface area (Å²) in [7, 11) is -3.40. The Labute approximate surface area is 374 Å². The van der Waals surface area contributed by atoms with Crippen LogP contribution in [0.3, 0.4) is 0 Å². The van der Waals surface area contributed by atoms with Crippen LogP contribution in [0.25, 0.3) is 22.4 Å². The van der Waals surface area contributed by atoms with Crippen LogP contribution < -0.4 is 25.5 Å². The van der Waals surface area contributed by atoms with Gasteiger partial charge in [-0.25, -0.2) is 0 Å². The monoisotopic (exact) mass is 882 g/mol. The van der Waals surface area contributed by atoms with Gasteiger partial charge < -0.3 is 34.0 Å². The third kappa shape index (κ3) is 10.5. The summed E-state index contributed by atoms with van der Waals surface area (Å²) in [6, 6.07) is 30.0. The molecule has 2 N–H and O–H groups in total. The SMILES string of the molecule is CCOP(=O)(Nc1ccc(N2CCN(c3cc(C)cc(-c4c(C)c(C)n(C(C)C)c4-c4ccc(Cl)cc4)c3)CC2)cc1)c1ccc(N[C@@H](CS)CCN2CCOCC2)c(C)c1. The van der Waals surface area contributed by atoms with Crippen LogP contribution in [0.15, 0.2) is 84.9 Å². The van der Waals surface area contributed by atoms with Gasteiger partial charge in [-0.15, -0.1) is 0 Å². The molecule has 2 aliphatic rings. The number of morpholine rings is 1. The molecule has 1 unspecified atom stereocenters. The van der Waals surface area contributed by atoms with Crippen molar-refractivity contribution in [3.05, 3.63) is 112 Å².